The molecule has 5 heteroatoms. The summed E-state index contributed by atoms with van der Waals surface area (Å²) >= 11 is 0. The van der Waals surface area contributed by atoms with Crippen molar-refractivity contribution in [3.63, 3.8) is 0 Å². The highest BCUT2D eigenvalue weighted by atomic mass is 35.5. The number of halogens is 4. The number of nitrogens with one attached hydrogen (secondary N) is 1. The highest BCUT2D eigenvalue weighted by Crippen LogP contribution is 2.31. The van der Waals surface area contributed by atoms with E-state index in [1.165, 1.54) is 12.8 Å². The maximum Gasteiger partial charge on any atom is 0.390 e. The molecule has 80 valence electrons. The summed E-state index contributed by atoms with van der Waals surface area (Å²) in [5.41, 5.74) is 0. The van der Waals surface area contributed by atoms with E-state index in [0.29, 0.717) is 0 Å². The van der Waals surface area contributed by atoms with Gasteiger partial charge < -0.3 is 5.32 Å². The molecule has 1 rings (SSSR count). The van der Waals surface area contributed by atoms with Crippen LogP contribution >= 0.6 is 12.4 Å². The SMILES string of the molecule is Cl.FC(F)(F)CCNCCC1CC1. The van der Waals surface area contributed by atoms with Gasteiger partial charge in [0.15, 0.2) is 0 Å². The summed E-state index contributed by atoms with van der Waals surface area (Å²) in [4.78, 5) is 0. The van der Waals surface area contributed by atoms with Crippen molar-refractivity contribution in [1.82, 2.24) is 5.32 Å². The molecule has 0 atom stereocenters. The monoisotopic (exact) mass is 217 g/mol. The van der Waals surface area contributed by atoms with Crippen LogP contribution in [0.1, 0.15) is 25.7 Å². The van der Waals surface area contributed by atoms with Crippen LogP contribution in [0.25, 0.3) is 0 Å². The standard InChI is InChI=1S/C8H14F3N.ClH/c9-8(10,11)4-6-12-5-3-7-1-2-7;/h7,12H,1-6H2;1H. The molecule has 0 aromatic rings. The van der Waals surface area contributed by atoms with Crippen LogP contribution in [-0.4, -0.2) is 19.3 Å². The summed E-state index contributed by atoms with van der Waals surface area (Å²) in [5, 5.41) is 2.79. The lowest BCUT2D eigenvalue weighted by atomic mass is 10.3. The minimum absolute atomic E-state index is 0. The van der Waals surface area contributed by atoms with Gasteiger partial charge in [0.1, 0.15) is 0 Å². The summed E-state index contributed by atoms with van der Waals surface area (Å²) in [6, 6.07) is 0. The third kappa shape index (κ3) is 8.37. The molecule has 1 aliphatic carbocycles. The Labute approximate surface area is 82.5 Å². The summed E-state index contributed by atoms with van der Waals surface area (Å²) in [7, 11) is 0. The predicted octanol–water partition coefficient (Wildman–Crippen LogP) is 2.75. The van der Waals surface area contributed by atoms with Crippen LogP contribution < -0.4 is 5.32 Å². The Morgan fingerprint density at radius 3 is 2.23 bits per heavy atom. The topological polar surface area (TPSA) is 12.0 Å². The largest absolute Gasteiger partial charge is 0.390 e. The van der Waals surface area contributed by atoms with Crippen molar-refractivity contribution in [2.45, 2.75) is 31.9 Å². The van der Waals surface area contributed by atoms with E-state index in [4.69, 9.17) is 0 Å². The molecule has 0 saturated heterocycles. The van der Waals surface area contributed by atoms with Crippen LogP contribution in [0.2, 0.25) is 0 Å². The van der Waals surface area contributed by atoms with Crippen molar-refractivity contribution >= 4 is 12.4 Å². The van der Waals surface area contributed by atoms with E-state index in [2.05, 4.69) is 5.32 Å². The first-order valence-corrected chi connectivity index (χ1v) is 4.35. The summed E-state index contributed by atoms with van der Waals surface area (Å²) < 4.78 is 34.8. The van der Waals surface area contributed by atoms with Crippen molar-refractivity contribution in [1.29, 1.82) is 0 Å². The van der Waals surface area contributed by atoms with Gasteiger partial charge in [-0.15, -0.1) is 12.4 Å². The van der Waals surface area contributed by atoms with Gasteiger partial charge in [-0.1, -0.05) is 12.8 Å². The second-order valence-corrected chi connectivity index (χ2v) is 3.35. The van der Waals surface area contributed by atoms with Crippen molar-refractivity contribution in [2.24, 2.45) is 5.92 Å². The first-order chi connectivity index (χ1) is 5.58. The van der Waals surface area contributed by atoms with Crippen molar-refractivity contribution in [2.75, 3.05) is 13.1 Å². The Hall–Kier alpha value is 0.0400. The van der Waals surface area contributed by atoms with Gasteiger partial charge in [-0.3, -0.25) is 0 Å². The Morgan fingerprint density at radius 1 is 1.15 bits per heavy atom. The van der Waals surface area contributed by atoms with Gasteiger partial charge in [0.25, 0.3) is 0 Å². The third-order valence-corrected chi connectivity index (χ3v) is 2.01. The molecule has 0 heterocycles. The molecule has 0 aromatic heterocycles. The fourth-order valence-electron chi connectivity index (χ4n) is 1.07. The Bertz CT molecular complexity index is 134. The fourth-order valence-corrected chi connectivity index (χ4v) is 1.07. The Kier molecular flexibility index (Phi) is 5.72. The van der Waals surface area contributed by atoms with Gasteiger partial charge in [-0.05, 0) is 18.9 Å². The number of hydrogen-bond acceptors (Lipinski definition) is 1. The van der Waals surface area contributed by atoms with E-state index >= 15 is 0 Å². The van der Waals surface area contributed by atoms with Crippen molar-refractivity contribution in [3.05, 3.63) is 0 Å². The number of rotatable bonds is 5. The van der Waals surface area contributed by atoms with Crippen LogP contribution in [0.4, 0.5) is 13.2 Å². The highest BCUT2D eigenvalue weighted by molar-refractivity contribution is 5.85. The second-order valence-electron chi connectivity index (χ2n) is 3.35. The van der Waals surface area contributed by atoms with E-state index in [-0.39, 0.29) is 19.0 Å². The highest BCUT2D eigenvalue weighted by Gasteiger charge is 2.26. The lowest BCUT2D eigenvalue weighted by molar-refractivity contribution is -0.133. The molecular weight excluding hydrogens is 203 g/mol. The molecule has 1 fully saturated rings. The van der Waals surface area contributed by atoms with E-state index < -0.39 is 12.6 Å². The lowest BCUT2D eigenvalue weighted by Gasteiger charge is -2.06. The maximum atomic E-state index is 11.6. The molecular formula is C8H15ClF3N. The zero-order valence-corrected chi connectivity index (χ0v) is 8.18. The summed E-state index contributed by atoms with van der Waals surface area (Å²) in [6.45, 7) is 0.803. The second kappa shape index (κ2) is 5.70. The third-order valence-electron chi connectivity index (χ3n) is 2.01. The molecule has 1 N–H and O–H groups in total. The van der Waals surface area contributed by atoms with Crippen LogP contribution in [0.5, 0.6) is 0 Å². The minimum atomic E-state index is -4.01. The van der Waals surface area contributed by atoms with Gasteiger partial charge in [0.05, 0.1) is 6.42 Å². The molecule has 0 unspecified atom stereocenters. The first kappa shape index (κ1) is 13.0. The Morgan fingerprint density at radius 2 is 1.77 bits per heavy atom. The fraction of sp³-hybridized carbons (Fsp3) is 1.00. The lowest BCUT2D eigenvalue weighted by Crippen LogP contribution is -2.22. The smallest absolute Gasteiger partial charge is 0.316 e. The molecule has 0 amide bonds. The number of alkyl halides is 3. The van der Waals surface area contributed by atoms with E-state index in [0.717, 1.165) is 18.9 Å². The van der Waals surface area contributed by atoms with Gasteiger partial charge in [0, 0.05) is 6.54 Å². The molecule has 0 radical (unpaired) electrons. The molecule has 0 spiro atoms. The minimum Gasteiger partial charge on any atom is -0.316 e. The maximum absolute atomic E-state index is 11.6. The van der Waals surface area contributed by atoms with Crippen molar-refractivity contribution < 1.29 is 13.2 Å². The molecule has 1 saturated carbocycles. The zero-order valence-electron chi connectivity index (χ0n) is 7.36. The number of hydrogen-bond donors (Lipinski definition) is 1. The molecule has 13 heavy (non-hydrogen) atoms. The van der Waals surface area contributed by atoms with E-state index in [1.807, 2.05) is 0 Å². The summed E-state index contributed by atoms with van der Waals surface area (Å²) in [6.07, 6.45) is -1.15. The van der Waals surface area contributed by atoms with E-state index in [9.17, 15) is 13.2 Å². The van der Waals surface area contributed by atoms with Gasteiger partial charge >= 0.3 is 6.18 Å². The molecule has 0 bridgehead atoms. The molecule has 0 aliphatic heterocycles. The van der Waals surface area contributed by atoms with Crippen LogP contribution in [0, 0.1) is 5.92 Å². The van der Waals surface area contributed by atoms with Crippen LogP contribution in [-0.2, 0) is 0 Å². The quantitative estimate of drug-likeness (QED) is 0.699. The summed E-state index contributed by atoms with van der Waals surface area (Å²) in [5.74, 6) is 0.795. The Balaban J connectivity index is 0.00000144. The molecule has 1 nitrogen and oxygen atoms in total. The van der Waals surface area contributed by atoms with Gasteiger partial charge in [0.2, 0.25) is 0 Å². The molecule has 1 aliphatic rings. The normalized spacial score (nSPS) is 16.8. The van der Waals surface area contributed by atoms with Crippen LogP contribution in [0.3, 0.4) is 0 Å². The average molecular weight is 218 g/mol. The predicted molar refractivity (Wildman–Crippen MR) is 48.1 cm³/mol. The van der Waals surface area contributed by atoms with Crippen LogP contribution in [0.15, 0.2) is 0 Å². The van der Waals surface area contributed by atoms with Gasteiger partial charge in [-0.25, -0.2) is 0 Å². The average Bonchev–Trinajstić information content (AvgIpc) is 2.68. The first-order valence-electron chi connectivity index (χ1n) is 4.35. The van der Waals surface area contributed by atoms with Gasteiger partial charge in [-0.2, -0.15) is 13.2 Å². The molecule has 0 aromatic carbocycles. The van der Waals surface area contributed by atoms with E-state index in [1.54, 1.807) is 0 Å². The zero-order chi connectivity index (χ0) is 9.03. The van der Waals surface area contributed by atoms with Crippen molar-refractivity contribution in [3.8, 4) is 0 Å².